The minimum Gasteiger partial charge on any atom is -0.313 e. The van der Waals surface area contributed by atoms with Gasteiger partial charge in [-0.1, -0.05) is 12.0 Å². The standard InChI is InChI=1S/C13H16N2O2S/c1-2-11-5-3-6-12(9-11)15-18(16,17)10-13-7-4-8-14-13/h1,3,5-6,9,13-15H,4,7-8,10H2. The molecule has 5 heteroatoms. The van der Waals surface area contributed by atoms with Gasteiger partial charge in [0, 0.05) is 17.3 Å². The first-order chi connectivity index (χ1) is 8.59. The van der Waals surface area contributed by atoms with Crippen LogP contribution in [0.1, 0.15) is 18.4 Å². The number of benzene rings is 1. The molecule has 0 aromatic heterocycles. The molecule has 1 atom stereocenters. The van der Waals surface area contributed by atoms with Crippen molar-refractivity contribution < 1.29 is 8.42 Å². The SMILES string of the molecule is C#Cc1cccc(NS(=O)(=O)CC2CCCN2)c1. The number of nitrogens with one attached hydrogen (secondary N) is 2. The summed E-state index contributed by atoms with van der Waals surface area (Å²) in [5.74, 6) is 2.58. The van der Waals surface area contributed by atoms with Crippen LogP contribution in [0.15, 0.2) is 24.3 Å². The first kappa shape index (κ1) is 12.9. The number of anilines is 1. The van der Waals surface area contributed by atoms with E-state index in [0.29, 0.717) is 11.3 Å². The summed E-state index contributed by atoms with van der Waals surface area (Å²) in [5.41, 5.74) is 1.18. The van der Waals surface area contributed by atoms with Crippen molar-refractivity contribution in [1.82, 2.24) is 5.32 Å². The number of hydrogen-bond acceptors (Lipinski definition) is 3. The Kier molecular flexibility index (Phi) is 3.90. The lowest BCUT2D eigenvalue weighted by atomic mass is 10.2. The fourth-order valence-corrected chi connectivity index (χ4v) is 3.44. The van der Waals surface area contributed by atoms with Gasteiger partial charge >= 0.3 is 0 Å². The molecule has 0 spiro atoms. The highest BCUT2D eigenvalue weighted by Gasteiger charge is 2.21. The number of rotatable bonds is 4. The molecule has 1 aromatic rings. The molecule has 96 valence electrons. The van der Waals surface area contributed by atoms with Gasteiger partial charge in [-0.15, -0.1) is 6.42 Å². The molecule has 1 heterocycles. The number of sulfonamides is 1. The second-order valence-corrected chi connectivity index (χ2v) is 6.17. The fraction of sp³-hybridized carbons (Fsp3) is 0.385. The summed E-state index contributed by atoms with van der Waals surface area (Å²) in [5, 5.41) is 3.17. The Labute approximate surface area is 108 Å². The predicted octanol–water partition coefficient (Wildman–Crippen LogP) is 1.16. The molecule has 1 aliphatic rings. The van der Waals surface area contributed by atoms with Crippen LogP contribution in [0, 0.1) is 12.3 Å². The molecule has 1 aromatic carbocycles. The summed E-state index contributed by atoms with van der Waals surface area (Å²) in [6.07, 6.45) is 7.22. The fourth-order valence-electron chi connectivity index (χ4n) is 2.06. The second kappa shape index (κ2) is 5.42. The van der Waals surface area contributed by atoms with E-state index in [1.54, 1.807) is 24.3 Å². The van der Waals surface area contributed by atoms with Gasteiger partial charge in [0.05, 0.1) is 5.75 Å². The summed E-state index contributed by atoms with van der Waals surface area (Å²) in [7, 11) is -3.32. The van der Waals surface area contributed by atoms with Crippen LogP contribution >= 0.6 is 0 Å². The first-order valence-corrected chi connectivity index (χ1v) is 7.55. The summed E-state index contributed by atoms with van der Waals surface area (Å²) in [6, 6.07) is 6.90. The monoisotopic (exact) mass is 264 g/mol. The van der Waals surface area contributed by atoms with Crippen molar-refractivity contribution in [2.24, 2.45) is 0 Å². The van der Waals surface area contributed by atoms with Crippen molar-refractivity contribution in [2.45, 2.75) is 18.9 Å². The zero-order valence-corrected chi connectivity index (χ0v) is 10.8. The molecule has 0 saturated carbocycles. The van der Waals surface area contributed by atoms with E-state index in [4.69, 9.17) is 6.42 Å². The third-order valence-corrected chi connectivity index (χ3v) is 4.27. The number of terminal acetylenes is 1. The van der Waals surface area contributed by atoms with Crippen molar-refractivity contribution in [1.29, 1.82) is 0 Å². The van der Waals surface area contributed by atoms with E-state index in [9.17, 15) is 8.42 Å². The average molecular weight is 264 g/mol. The average Bonchev–Trinajstić information content (AvgIpc) is 2.80. The Morgan fingerprint density at radius 3 is 3.00 bits per heavy atom. The minimum absolute atomic E-state index is 0.0540. The van der Waals surface area contributed by atoms with Gasteiger partial charge in [-0.2, -0.15) is 0 Å². The molecule has 1 unspecified atom stereocenters. The van der Waals surface area contributed by atoms with Crippen LogP contribution in [0.4, 0.5) is 5.69 Å². The van der Waals surface area contributed by atoms with Gasteiger partial charge in [0.25, 0.3) is 0 Å². The topological polar surface area (TPSA) is 58.2 Å². The van der Waals surface area contributed by atoms with Crippen LogP contribution in [0.2, 0.25) is 0 Å². The van der Waals surface area contributed by atoms with E-state index in [-0.39, 0.29) is 11.8 Å². The molecule has 1 fully saturated rings. The van der Waals surface area contributed by atoms with Crippen LogP contribution < -0.4 is 10.0 Å². The molecule has 2 rings (SSSR count). The Bertz CT molecular complexity index is 555. The zero-order chi connectivity index (χ0) is 13.0. The van der Waals surface area contributed by atoms with Crippen LogP contribution in [-0.2, 0) is 10.0 Å². The Morgan fingerprint density at radius 1 is 1.50 bits per heavy atom. The van der Waals surface area contributed by atoms with Crippen molar-refractivity contribution >= 4 is 15.7 Å². The molecule has 18 heavy (non-hydrogen) atoms. The van der Waals surface area contributed by atoms with Gasteiger partial charge in [-0.3, -0.25) is 4.72 Å². The number of hydrogen-bond donors (Lipinski definition) is 2. The maximum absolute atomic E-state index is 12.0. The third kappa shape index (κ3) is 3.49. The lowest BCUT2D eigenvalue weighted by Gasteiger charge is -2.12. The largest absolute Gasteiger partial charge is 0.313 e. The van der Waals surface area contributed by atoms with Gasteiger partial charge < -0.3 is 5.32 Å². The maximum Gasteiger partial charge on any atom is 0.234 e. The molecule has 1 aliphatic heterocycles. The van der Waals surface area contributed by atoms with E-state index < -0.39 is 10.0 Å². The smallest absolute Gasteiger partial charge is 0.234 e. The lowest BCUT2D eigenvalue weighted by Crippen LogP contribution is -2.32. The molecule has 0 aliphatic carbocycles. The van der Waals surface area contributed by atoms with E-state index in [2.05, 4.69) is 16.0 Å². The molecule has 0 amide bonds. The summed E-state index contributed by atoms with van der Waals surface area (Å²) in [6.45, 7) is 0.896. The zero-order valence-electron chi connectivity index (χ0n) is 10.0. The van der Waals surface area contributed by atoms with Crippen LogP contribution in [0.25, 0.3) is 0 Å². The maximum atomic E-state index is 12.0. The second-order valence-electron chi connectivity index (χ2n) is 4.40. The quantitative estimate of drug-likeness (QED) is 0.802. The highest BCUT2D eigenvalue weighted by Crippen LogP contribution is 2.14. The first-order valence-electron chi connectivity index (χ1n) is 5.89. The summed E-state index contributed by atoms with van der Waals surface area (Å²) in [4.78, 5) is 0. The molecular weight excluding hydrogens is 248 g/mol. The molecule has 0 bridgehead atoms. The molecule has 1 saturated heterocycles. The predicted molar refractivity (Wildman–Crippen MR) is 72.8 cm³/mol. The van der Waals surface area contributed by atoms with Crippen molar-refractivity contribution in [3.63, 3.8) is 0 Å². The minimum atomic E-state index is -3.32. The van der Waals surface area contributed by atoms with Crippen LogP contribution in [0.5, 0.6) is 0 Å². The van der Waals surface area contributed by atoms with Gasteiger partial charge in [0.1, 0.15) is 0 Å². The van der Waals surface area contributed by atoms with E-state index >= 15 is 0 Å². The van der Waals surface area contributed by atoms with E-state index in [1.165, 1.54) is 0 Å². The van der Waals surface area contributed by atoms with E-state index in [0.717, 1.165) is 19.4 Å². The summed E-state index contributed by atoms with van der Waals surface area (Å²) < 4.78 is 26.5. The van der Waals surface area contributed by atoms with Gasteiger partial charge in [0.2, 0.25) is 10.0 Å². The van der Waals surface area contributed by atoms with Crippen LogP contribution in [-0.4, -0.2) is 26.8 Å². The van der Waals surface area contributed by atoms with Crippen LogP contribution in [0.3, 0.4) is 0 Å². The molecular formula is C13H16N2O2S. The molecule has 0 radical (unpaired) electrons. The Hall–Kier alpha value is -1.51. The van der Waals surface area contributed by atoms with Gasteiger partial charge in [-0.05, 0) is 37.6 Å². The molecule has 4 nitrogen and oxygen atoms in total. The Morgan fingerprint density at radius 2 is 2.33 bits per heavy atom. The van der Waals surface area contributed by atoms with Gasteiger partial charge in [-0.25, -0.2) is 8.42 Å². The highest BCUT2D eigenvalue weighted by atomic mass is 32.2. The highest BCUT2D eigenvalue weighted by molar-refractivity contribution is 7.92. The summed E-state index contributed by atoms with van der Waals surface area (Å²) >= 11 is 0. The normalized spacial score (nSPS) is 19.4. The Balaban J connectivity index is 2.04. The van der Waals surface area contributed by atoms with E-state index in [1.807, 2.05) is 0 Å². The van der Waals surface area contributed by atoms with Crippen molar-refractivity contribution in [3.05, 3.63) is 29.8 Å². The van der Waals surface area contributed by atoms with Crippen molar-refractivity contribution in [3.8, 4) is 12.3 Å². The van der Waals surface area contributed by atoms with Crippen molar-refractivity contribution in [2.75, 3.05) is 17.0 Å². The lowest BCUT2D eigenvalue weighted by molar-refractivity contribution is 0.582. The van der Waals surface area contributed by atoms with Gasteiger partial charge in [0.15, 0.2) is 0 Å². The third-order valence-electron chi connectivity index (χ3n) is 2.89. The molecule has 2 N–H and O–H groups in total.